The van der Waals surface area contributed by atoms with Crippen LogP contribution >= 0.6 is 0 Å². The molecule has 1 aliphatic heterocycles. The van der Waals surface area contributed by atoms with Crippen LogP contribution in [0.2, 0.25) is 0 Å². The van der Waals surface area contributed by atoms with Crippen LogP contribution in [0.5, 0.6) is 11.5 Å². The van der Waals surface area contributed by atoms with Gasteiger partial charge in [0, 0.05) is 24.1 Å². The van der Waals surface area contributed by atoms with E-state index in [1.807, 2.05) is 26.0 Å². The van der Waals surface area contributed by atoms with E-state index in [0.717, 1.165) is 17.7 Å². The number of fused-ring (bicyclic) bond motifs is 1. The molecule has 0 amide bonds. The Kier molecular flexibility index (Phi) is 3.98. The van der Waals surface area contributed by atoms with E-state index < -0.39 is 10.2 Å². The number of ether oxygens (including phenoxy) is 2. The summed E-state index contributed by atoms with van der Waals surface area (Å²) in [5, 5.41) is 4.93. The third kappa shape index (κ3) is 3.59. The molecule has 0 saturated heterocycles. The molecule has 6 nitrogen and oxygen atoms in total. The van der Waals surface area contributed by atoms with Crippen LogP contribution in [0.15, 0.2) is 12.1 Å². The molecule has 1 aliphatic rings. The van der Waals surface area contributed by atoms with E-state index in [9.17, 15) is 8.42 Å². The SMILES string of the molecule is CCOc1cc2c(cc1CNS(N)(=O)=O)O[C@H](C)C2. The maximum atomic E-state index is 11.0. The standard InChI is InChI=1S/C12H18N2O4S/c1-3-17-11-5-9-4-8(2)18-12(9)6-10(11)7-14-19(13,15)16/h5-6,8,14H,3-4,7H2,1-2H3,(H2,13,15,16)/t8-/m1/s1. The first kappa shape index (κ1) is 14.1. The molecular weight excluding hydrogens is 268 g/mol. The number of hydrogen-bond donors (Lipinski definition) is 2. The first-order valence-corrected chi connectivity index (χ1v) is 7.66. The maximum absolute atomic E-state index is 11.0. The summed E-state index contributed by atoms with van der Waals surface area (Å²) in [7, 11) is -3.73. The van der Waals surface area contributed by atoms with Crippen LogP contribution in [0.4, 0.5) is 0 Å². The molecule has 7 heteroatoms. The lowest BCUT2D eigenvalue weighted by molar-refractivity contribution is 0.254. The third-order valence-corrected chi connectivity index (χ3v) is 3.39. The molecule has 0 spiro atoms. The minimum absolute atomic E-state index is 0.0825. The highest BCUT2D eigenvalue weighted by atomic mass is 32.2. The van der Waals surface area contributed by atoms with Crippen molar-refractivity contribution in [1.29, 1.82) is 0 Å². The molecule has 0 aromatic heterocycles. The van der Waals surface area contributed by atoms with Crippen molar-refractivity contribution in [2.45, 2.75) is 32.9 Å². The summed E-state index contributed by atoms with van der Waals surface area (Å²) in [5.41, 5.74) is 1.79. The van der Waals surface area contributed by atoms with Gasteiger partial charge in [-0.15, -0.1) is 0 Å². The molecule has 1 heterocycles. The Morgan fingerprint density at radius 2 is 2.26 bits per heavy atom. The van der Waals surface area contributed by atoms with Gasteiger partial charge < -0.3 is 9.47 Å². The minimum atomic E-state index is -3.73. The number of rotatable bonds is 5. The van der Waals surface area contributed by atoms with Crippen LogP contribution < -0.4 is 19.3 Å². The zero-order valence-electron chi connectivity index (χ0n) is 11.0. The lowest BCUT2D eigenvalue weighted by Crippen LogP contribution is -2.30. The Hall–Kier alpha value is -1.31. The first-order chi connectivity index (χ1) is 8.89. The molecule has 3 N–H and O–H groups in total. The molecule has 0 radical (unpaired) electrons. The Morgan fingerprint density at radius 1 is 1.53 bits per heavy atom. The molecule has 1 aromatic carbocycles. The van der Waals surface area contributed by atoms with Crippen LogP contribution in [0.3, 0.4) is 0 Å². The summed E-state index contributed by atoms with van der Waals surface area (Å²) >= 11 is 0. The smallest absolute Gasteiger partial charge is 0.274 e. The second-order valence-electron chi connectivity index (χ2n) is 4.50. The van der Waals surface area contributed by atoms with E-state index in [1.165, 1.54) is 0 Å². The first-order valence-electron chi connectivity index (χ1n) is 6.11. The average Bonchev–Trinajstić information content (AvgIpc) is 2.64. The van der Waals surface area contributed by atoms with Crippen molar-refractivity contribution in [2.75, 3.05) is 6.61 Å². The van der Waals surface area contributed by atoms with Gasteiger partial charge >= 0.3 is 0 Å². The van der Waals surface area contributed by atoms with Crippen LogP contribution in [0.25, 0.3) is 0 Å². The molecule has 106 valence electrons. The molecule has 1 atom stereocenters. The predicted octanol–water partition coefficient (Wildman–Crippen LogP) is 0.702. The molecule has 19 heavy (non-hydrogen) atoms. The van der Waals surface area contributed by atoms with Gasteiger partial charge in [0.1, 0.15) is 17.6 Å². The van der Waals surface area contributed by atoms with Crippen molar-refractivity contribution in [1.82, 2.24) is 4.72 Å². The van der Waals surface area contributed by atoms with Gasteiger partial charge in [-0.2, -0.15) is 13.1 Å². The molecule has 1 aromatic rings. The number of benzene rings is 1. The van der Waals surface area contributed by atoms with Gasteiger partial charge in [0.05, 0.1) is 6.61 Å². The van der Waals surface area contributed by atoms with Gasteiger partial charge in [-0.3, -0.25) is 0 Å². The second kappa shape index (κ2) is 5.36. The van der Waals surface area contributed by atoms with Crippen molar-refractivity contribution < 1.29 is 17.9 Å². The van der Waals surface area contributed by atoms with Crippen LogP contribution in [-0.2, 0) is 23.2 Å². The van der Waals surface area contributed by atoms with E-state index in [1.54, 1.807) is 0 Å². The number of hydrogen-bond acceptors (Lipinski definition) is 4. The zero-order chi connectivity index (χ0) is 14.0. The van der Waals surface area contributed by atoms with Gasteiger partial charge in [-0.05, 0) is 26.0 Å². The van der Waals surface area contributed by atoms with Gasteiger partial charge in [0.25, 0.3) is 10.2 Å². The Bertz CT molecular complexity index is 571. The van der Waals surface area contributed by atoms with Gasteiger partial charge in [0.2, 0.25) is 0 Å². The maximum Gasteiger partial charge on any atom is 0.274 e. The van der Waals surface area contributed by atoms with Crippen molar-refractivity contribution in [3.05, 3.63) is 23.3 Å². The van der Waals surface area contributed by atoms with Crippen molar-refractivity contribution in [3.63, 3.8) is 0 Å². The fourth-order valence-electron chi connectivity index (χ4n) is 2.09. The normalized spacial score (nSPS) is 17.9. The summed E-state index contributed by atoms with van der Waals surface area (Å²) in [5.74, 6) is 1.44. The van der Waals surface area contributed by atoms with E-state index in [4.69, 9.17) is 14.6 Å². The quantitative estimate of drug-likeness (QED) is 0.833. The molecule has 0 unspecified atom stereocenters. The highest BCUT2D eigenvalue weighted by Crippen LogP contribution is 2.35. The molecule has 0 fully saturated rings. The zero-order valence-corrected chi connectivity index (χ0v) is 11.8. The van der Waals surface area contributed by atoms with Crippen LogP contribution in [0.1, 0.15) is 25.0 Å². The third-order valence-electron chi connectivity index (χ3n) is 2.84. The van der Waals surface area contributed by atoms with E-state index in [0.29, 0.717) is 17.9 Å². The van der Waals surface area contributed by atoms with Crippen LogP contribution in [-0.4, -0.2) is 21.1 Å². The minimum Gasteiger partial charge on any atom is -0.494 e. The summed E-state index contributed by atoms with van der Waals surface area (Å²) in [6, 6.07) is 3.71. The van der Waals surface area contributed by atoms with Crippen molar-refractivity contribution in [3.8, 4) is 11.5 Å². The Labute approximate surface area is 113 Å². The largest absolute Gasteiger partial charge is 0.494 e. The Morgan fingerprint density at radius 3 is 2.89 bits per heavy atom. The van der Waals surface area contributed by atoms with Crippen LogP contribution in [0, 0.1) is 0 Å². The lowest BCUT2D eigenvalue weighted by Gasteiger charge is -2.12. The summed E-state index contributed by atoms with van der Waals surface area (Å²) < 4.78 is 35.3. The van der Waals surface area contributed by atoms with E-state index in [2.05, 4.69) is 4.72 Å². The molecule has 0 bridgehead atoms. The fraction of sp³-hybridized carbons (Fsp3) is 0.500. The molecule has 0 aliphatic carbocycles. The van der Waals surface area contributed by atoms with Crippen molar-refractivity contribution >= 4 is 10.2 Å². The molecule has 2 rings (SSSR count). The summed E-state index contributed by atoms with van der Waals surface area (Å²) in [4.78, 5) is 0. The van der Waals surface area contributed by atoms with Crippen molar-refractivity contribution in [2.24, 2.45) is 5.14 Å². The van der Waals surface area contributed by atoms with Gasteiger partial charge in [-0.25, -0.2) is 5.14 Å². The summed E-state index contributed by atoms with van der Waals surface area (Å²) in [6.45, 7) is 4.46. The second-order valence-corrected chi connectivity index (χ2v) is 5.88. The van der Waals surface area contributed by atoms with Gasteiger partial charge in [0.15, 0.2) is 0 Å². The highest BCUT2D eigenvalue weighted by Gasteiger charge is 2.22. The molecule has 0 saturated carbocycles. The predicted molar refractivity (Wildman–Crippen MR) is 71.4 cm³/mol. The van der Waals surface area contributed by atoms with Gasteiger partial charge in [-0.1, -0.05) is 0 Å². The molecular formula is C12H18N2O4S. The lowest BCUT2D eigenvalue weighted by atomic mass is 10.1. The highest BCUT2D eigenvalue weighted by molar-refractivity contribution is 7.87. The average molecular weight is 286 g/mol. The summed E-state index contributed by atoms with van der Waals surface area (Å²) in [6.07, 6.45) is 0.962. The monoisotopic (exact) mass is 286 g/mol. The van der Waals surface area contributed by atoms with E-state index >= 15 is 0 Å². The van der Waals surface area contributed by atoms with E-state index in [-0.39, 0.29) is 12.6 Å². The number of nitrogens with one attached hydrogen (secondary N) is 1. The number of nitrogens with two attached hydrogens (primary N) is 1. The topological polar surface area (TPSA) is 90.6 Å². The fourth-order valence-corrected chi connectivity index (χ4v) is 2.44. The Balaban J connectivity index is 2.28.